The van der Waals surface area contributed by atoms with Crippen LogP contribution >= 0.6 is 15.9 Å². The first-order valence-corrected chi connectivity index (χ1v) is 10.7. The highest BCUT2D eigenvalue weighted by Crippen LogP contribution is 2.19. The number of nitrogens with zero attached hydrogens (tertiary/aromatic N) is 3. The lowest BCUT2D eigenvalue weighted by molar-refractivity contribution is -0.119. The molecule has 0 spiro atoms. The minimum absolute atomic E-state index is 0.0455. The predicted molar refractivity (Wildman–Crippen MR) is 121 cm³/mol. The van der Waals surface area contributed by atoms with Gasteiger partial charge in [-0.05, 0) is 40.8 Å². The van der Waals surface area contributed by atoms with E-state index in [-0.39, 0.29) is 36.1 Å². The second-order valence-electron chi connectivity index (χ2n) is 7.54. The van der Waals surface area contributed by atoms with E-state index in [2.05, 4.69) is 20.9 Å². The van der Waals surface area contributed by atoms with Gasteiger partial charge in [0.15, 0.2) is 5.69 Å². The van der Waals surface area contributed by atoms with Crippen molar-refractivity contribution >= 4 is 33.3 Å². The summed E-state index contributed by atoms with van der Waals surface area (Å²) in [6.07, 6.45) is 3.66. The molecule has 2 aromatic heterocycles. The number of carbonyl (C=O) groups excluding carboxylic acids is 1. The van der Waals surface area contributed by atoms with Gasteiger partial charge in [-0.2, -0.15) is 0 Å². The molecule has 0 atom stereocenters. The zero-order valence-corrected chi connectivity index (χ0v) is 19.1. The molecule has 2 rings (SSSR count). The molecule has 30 heavy (non-hydrogen) atoms. The first-order valence-electron chi connectivity index (χ1n) is 9.94. The summed E-state index contributed by atoms with van der Waals surface area (Å²) in [5.74, 6) is -0.246. The number of hydrogen-bond donors (Lipinski definition) is 2. The summed E-state index contributed by atoms with van der Waals surface area (Å²) in [7, 11) is 0. The molecule has 0 aliphatic rings. The van der Waals surface area contributed by atoms with Crippen LogP contribution in [0.4, 0.5) is 11.5 Å². The van der Waals surface area contributed by atoms with Crippen molar-refractivity contribution in [1.29, 1.82) is 0 Å². The maximum Gasteiger partial charge on any atom is 0.330 e. The van der Waals surface area contributed by atoms with Gasteiger partial charge >= 0.3 is 5.69 Å². The van der Waals surface area contributed by atoms with E-state index in [1.54, 1.807) is 6.07 Å². The number of anilines is 2. The molecule has 0 saturated carbocycles. The van der Waals surface area contributed by atoms with Crippen LogP contribution in [0.1, 0.15) is 40.0 Å². The van der Waals surface area contributed by atoms with E-state index < -0.39 is 17.2 Å². The lowest BCUT2D eigenvalue weighted by Crippen LogP contribution is -2.43. The zero-order chi connectivity index (χ0) is 22.4. The highest BCUT2D eigenvalue weighted by molar-refractivity contribution is 9.10. The number of nitrogen functional groups attached to an aromatic ring is 1. The molecule has 0 bridgehead atoms. The third-order valence-electron chi connectivity index (χ3n) is 4.70. The Bertz CT molecular complexity index is 1070. The fourth-order valence-corrected chi connectivity index (χ4v) is 3.36. The molecule has 0 unspecified atom stereocenters. The smallest absolute Gasteiger partial charge is 0.330 e. The van der Waals surface area contributed by atoms with Crippen molar-refractivity contribution in [2.75, 3.05) is 17.2 Å². The predicted octanol–water partition coefficient (Wildman–Crippen LogP) is 1.92. The molecular weight excluding hydrogens is 454 g/mol. The molecule has 0 aromatic carbocycles. The third kappa shape index (κ3) is 5.71. The van der Waals surface area contributed by atoms with E-state index in [1.165, 1.54) is 26.3 Å². The second kappa shape index (κ2) is 10.4. The molecule has 2 heterocycles. The number of nitrogens with two attached hydrogens (primary N) is 1. The highest BCUT2D eigenvalue weighted by atomic mass is 79.9. The fraction of sp³-hybridized carbons (Fsp3) is 0.500. The molecule has 0 aliphatic heterocycles. The molecule has 2 aromatic rings. The number of amides is 1. The van der Waals surface area contributed by atoms with Gasteiger partial charge in [0.2, 0.25) is 5.91 Å². The number of unbranched alkanes of at least 4 members (excludes halogenated alkanes) is 1. The van der Waals surface area contributed by atoms with E-state index in [0.717, 1.165) is 6.42 Å². The third-order valence-corrected chi connectivity index (χ3v) is 5.17. The SMILES string of the molecule is CCCCn1c(N)c(N(CCC(C)C)C(=O)Cn2cc(Br)ccc2=O)c(=O)[nH]c1=O. The highest BCUT2D eigenvalue weighted by Gasteiger charge is 2.24. The molecule has 0 saturated heterocycles. The van der Waals surface area contributed by atoms with Crippen LogP contribution in [0.15, 0.2) is 37.2 Å². The zero-order valence-electron chi connectivity index (χ0n) is 17.5. The summed E-state index contributed by atoms with van der Waals surface area (Å²) in [5, 5.41) is 0. The number of aromatic amines is 1. The van der Waals surface area contributed by atoms with Gasteiger partial charge in [-0.3, -0.25) is 23.9 Å². The molecule has 0 aliphatic carbocycles. The van der Waals surface area contributed by atoms with Crippen molar-refractivity contribution in [2.24, 2.45) is 5.92 Å². The van der Waals surface area contributed by atoms with Gasteiger partial charge in [0.05, 0.1) is 0 Å². The lowest BCUT2D eigenvalue weighted by atomic mass is 10.1. The van der Waals surface area contributed by atoms with Crippen molar-refractivity contribution in [2.45, 2.75) is 53.1 Å². The van der Waals surface area contributed by atoms with E-state index in [1.807, 2.05) is 20.8 Å². The number of hydrogen-bond acceptors (Lipinski definition) is 5. The maximum absolute atomic E-state index is 13.2. The monoisotopic (exact) mass is 481 g/mol. The maximum atomic E-state index is 13.2. The minimum Gasteiger partial charge on any atom is -0.383 e. The van der Waals surface area contributed by atoms with Crippen LogP contribution in [-0.2, 0) is 17.9 Å². The van der Waals surface area contributed by atoms with Gasteiger partial charge in [-0.15, -0.1) is 0 Å². The molecule has 1 amide bonds. The number of carbonyl (C=O) groups is 1. The van der Waals surface area contributed by atoms with Gasteiger partial charge in [0, 0.05) is 29.8 Å². The lowest BCUT2D eigenvalue weighted by Gasteiger charge is -2.25. The number of aromatic nitrogens is 3. The van der Waals surface area contributed by atoms with E-state index in [4.69, 9.17) is 5.73 Å². The van der Waals surface area contributed by atoms with E-state index >= 15 is 0 Å². The van der Waals surface area contributed by atoms with Gasteiger partial charge in [-0.25, -0.2) is 4.79 Å². The summed E-state index contributed by atoms with van der Waals surface area (Å²) in [6, 6.07) is 2.94. The average molecular weight is 482 g/mol. The Morgan fingerprint density at radius 3 is 2.60 bits per heavy atom. The topological polar surface area (TPSA) is 123 Å². The van der Waals surface area contributed by atoms with Crippen LogP contribution in [0, 0.1) is 5.92 Å². The molecule has 3 N–H and O–H groups in total. The van der Waals surface area contributed by atoms with Crippen molar-refractivity contribution in [1.82, 2.24) is 14.1 Å². The van der Waals surface area contributed by atoms with E-state index in [9.17, 15) is 19.2 Å². The van der Waals surface area contributed by atoms with Crippen LogP contribution in [0.25, 0.3) is 0 Å². The van der Waals surface area contributed by atoms with Crippen LogP contribution < -0.4 is 27.4 Å². The van der Waals surface area contributed by atoms with Crippen molar-refractivity contribution in [3.05, 3.63) is 54.0 Å². The van der Waals surface area contributed by atoms with Crippen LogP contribution in [-0.4, -0.2) is 26.6 Å². The summed E-state index contributed by atoms with van der Waals surface area (Å²) >= 11 is 3.29. The average Bonchev–Trinajstić information content (AvgIpc) is 2.66. The van der Waals surface area contributed by atoms with Gasteiger partial charge < -0.3 is 15.2 Å². The largest absolute Gasteiger partial charge is 0.383 e. The second-order valence-corrected chi connectivity index (χ2v) is 8.46. The standard InChI is InChI=1S/C20H28BrN5O4/c1-4-5-9-26-18(22)17(19(29)23-20(26)30)25(10-8-13(2)3)16(28)12-24-11-14(21)6-7-15(24)27/h6-7,11,13H,4-5,8-10,12,22H2,1-3H3,(H,23,29,30). The molecule has 0 fully saturated rings. The van der Waals surface area contributed by atoms with Crippen molar-refractivity contribution < 1.29 is 4.79 Å². The van der Waals surface area contributed by atoms with Crippen LogP contribution in [0.2, 0.25) is 0 Å². The summed E-state index contributed by atoms with van der Waals surface area (Å²) in [5.41, 5.74) is 4.47. The van der Waals surface area contributed by atoms with Crippen LogP contribution in [0.5, 0.6) is 0 Å². The fourth-order valence-electron chi connectivity index (χ4n) is 2.98. The van der Waals surface area contributed by atoms with Crippen LogP contribution in [0.3, 0.4) is 0 Å². The van der Waals surface area contributed by atoms with Gasteiger partial charge in [0.25, 0.3) is 11.1 Å². The first kappa shape index (κ1) is 23.7. The first-order chi connectivity index (χ1) is 14.1. The molecule has 164 valence electrons. The van der Waals surface area contributed by atoms with Crippen molar-refractivity contribution in [3.63, 3.8) is 0 Å². The molecule has 10 heteroatoms. The van der Waals surface area contributed by atoms with E-state index in [0.29, 0.717) is 23.9 Å². The molecular formula is C20H28BrN5O4. The quantitative estimate of drug-likeness (QED) is 0.566. The summed E-state index contributed by atoms with van der Waals surface area (Å²) in [6.45, 7) is 6.28. The Balaban J connectivity index is 2.52. The van der Waals surface area contributed by atoms with Gasteiger partial charge in [-0.1, -0.05) is 27.2 Å². The Morgan fingerprint density at radius 1 is 1.27 bits per heavy atom. The number of rotatable bonds is 9. The van der Waals surface area contributed by atoms with Gasteiger partial charge in [0.1, 0.15) is 12.4 Å². The molecule has 9 nitrogen and oxygen atoms in total. The number of H-pyrrole nitrogens is 1. The molecule has 0 radical (unpaired) electrons. The minimum atomic E-state index is -0.719. The number of halogens is 1. The normalized spacial score (nSPS) is 11.1. The Labute approximate surface area is 182 Å². The van der Waals surface area contributed by atoms with Crippen molar-refractivity contribution in [3.8, 4) is 0 Å². The Hall–Kier alpha value is -2.62. The Morgan fingerprint density at radius 2 is 1.97 bits per heavy atom. The summed E-state index contributed by atoms with van der Waals surface area (Å²) in [4.78, 5) is 53.7. The summed E-state index contributed by atoms with van der Waals surface area (Å²) < 4.78 is 3.18. The number of nitrogens with one attached hydrogen (secondary N) is 1. The Kier molecular flexibility index (Phi) is 8.22. The number of pyridine rings is 1.